The van der Waals surface area contributed by atoms with Crippen molar-refractivity contribution in [1.82, 2.24) is 15.0 Å². The topological polar surface area (TPSA) is 106 Å². The van der Waals surface area contributed by atoms with Crippen LogP contribution in [-0.2, 0) is 0 Å². The van der Waals surface area contributed by atoms with Crippen LogP contribution >= 0.6 is 0 Å². The molecule has 1 N–H and O–H groups in total. The molecule has 1 aliphatic rings. The van der Waals surface area contributed by atoms with Crippen molar-refractivity contribution < 1.29 is 36.0 Å². The van der Waals surface area contributed by atoms with Crippen LogP contribution in [0, 0.1) is 10.1 Å². The number of alkyl halides is 6. The smallest absolute Gasteiger partial charge is 0.434 e. The summed E-state index contributed by atoms with van der Waals surface area (Å²) in [6, 6.07) is 3.82. The Hall–Kier alpha value is -3.39. The number of nitrogens with zero attached hydrogens (tertiary/aromatic N) is 5. The van der Waals surface area contributed by atoms with Gasteiger partial charge >= 0.3 is 18.4 Å². The van der Waals surface area contributed by atoms with Crippen LogP contribution in [0.5, 0.6) is 6.01 Å². The Bertz CT molecular complexity index is 951. The van der Waals surface area contributed by atoms with E-state index in [1.54, 1.807) is 4.90 Å². The van der Waals surface area contributed by atoms with E-state index in [1.165, 1.54) is 18.2 Å². The van der Waals surface area contributed by atoms with Crippen molar-refractivity contribution in [1.29, 1.82) is 0 Å². The highest BCUT2D eigenvalue weighted by atomic mass is 19.4. The van der Waals surface area contributed by atoms with Gasteiger partial charge in [-0.1, -0.05) is 6.07 Å². The third kappa shape index (κ3) is 5.85. The molecule has 0 aliphatic carbocycles. The molecule has 174 valence electrons. The van der Waals surface area contributed by atoms with Gasteiger partial charge in [-0.25, -0.2) is 0 Å². The first-order chi connectivity index (χ1) is 14.9. The highest BCUT2D eigenvalue weighted by molar-refractivity contribution is 5.58. The van der Waals surface area contributed by atoms with Gasteiger partial charge in [0.25, 0.3) is 11.8 Å². The lowest BCUT2D eigenvalue weighted by molar-refractivity contribution is -0.384. The van der Waals surface area contributed by atoms with Gasteiger partial charge in [-0.2, -0.15) is 41.3 Å². The molecule has 0 spiro atoms. The van der Waals surface area contributed by atoms with Crippen LogP contribution in [0.1, 0.15) is 19.3 Å². The van der Waals surface area contributed by atoms with Gasteiger partial charge < -0.3 is 15.0 Å². The molecule has 1 saturated heterocycles. The van der Waals surface area contributed by atoms with Gasteiger partial charge in [0, 0.05) is 30.9 Å². The minimum Gasteiger partial charge on any atom is -0.440 e. The van der Waals surface area contributed by atoms with Crippen LogP contribution in [0.3, 0.4) is 0 Å². The molecule has 1 fully saturated rings. The van der Waals surface area contributed by atoms with Gasteiger partial charge in [-0.3, -0.25) is 10.1 Å². The van der Waals surface area contributed by atoms with Gasteiger partial charge in [-0.05, 0) is 25.3 Å². The molecular formula is C17H16F6N6O3. The number of anilines is 3. The summed E-state index contributed by atoms with van der Waals surface area (Å²) in [5.41, 5.74) is -0.213. The van der Waals surface area contributed by atoms with E-state index in [9.17, 15) is 36.5 Å². The molecule has 1 aliphatic heterocycles. The van der Waals surface area contributed by atoms with E-state index in [1.807, 2.05) is 0 Å². The van der Waals surface area contributed by atoms with Crippen molar-refractivity contribution in [2.45, 2.75) is 37.7 Å². The molecule has 0 amide bonds. The van der Waals surface area contributed by atoms with E-state index in [4.69, 9.17) is 0 Å². The summed E-state index contributed by atoms with van der Waals surface area (Å²) in [7, 11) is 0. The Morgan fingerprint density at radius 2 is 1.69 bits per heavy atom. The largest absolute Gasteiger partial charge is 0.440 e. The van der Waals surface area contributed by atoms with Crippen molar-refractivity contribution >= 4 is 23.3 Å². The molecule has 2 aromatic rings. The fourth-order valence-corrected chi connectivity index (χ4v) is 2.94. The number of hydrogen-bond donors (Lipinski definition) is 1. The van der Waals surface area contributed by atoms with Crippen molar-refractivity contribution in [3.63, 3.8) is 0 Å². The number of halogens is 6. The lowest BCUT2D eigenvalue weighted by Gasteiger charge is -2.27. The lowest BCUT2D eigenvalue weighted by atomic mass is 10.1. The number of hydrogen-bond acceptors (Lipinski definition) is 8. The summed E-state index contributed by atoms with van der Waals surface area (Å²) in [5.74, 6) is -0.607. The van der Waals surface area contributed by atoms with E-state index in [0.29, 0.717) is 13.1 Å². The summed E-state index contributed by atoms with van der Waals surface area (Å²) in [6.07, 6.45) is -13.3. The zero-order chi connectivity index (χ0) is 23.5. The Balaban J connectivity index is 1.97. The maximum absolute atomic E-state index is 12.9. The minimum absolute atomic E-state index is 0.0872. The first kappa shape index (κ1) is 23.3. The monoisotopic (exact) mass is 466 g/mol. The van der Waals surface area contributed by atoms with Crippen LogP contribution in [0.25, 0.3) is 0 Å². The summed E-state index contributed by atoms with van der Waals surface area (Å²) < 4.78 is 81.6. The number of aromatic nitrogens is 3. The number of piperidine rings is 1. The predicted molar refractivity (Wildman–Crippen MR) is 98.8 cm³/mol. The second kappa shape index (κ2) is 9.00. The van der Waals surface area contributed by atoms with Gasteiger partial charge in [0.2, 0.25) is 11.9 Å². The zero-order valence-corrected chi connectivity index (χ0v) is 16.2. The summed E-state index contributed by atoms with van der Waals surface area (Å²) in [4.78, 5) is 23.0. The first-order valence-corrected chi connectivity index (χ1v) is 9.26. The van der Waals surface area contributed by atoms with Gasteiger partial charge in [0.05, 0.1) is 4.92 Å². The molecular weight excluding hydrogens is 450 g/mol. The van der Waals surface area contributed by atoms with Crippen LogP contribution in [-0.4, -0.2) is 51.4 Å². The minimum atomic E-state index is -5.76. The van der Waals surface area contributed by atoms with E-state index in [-0.39, 0.29) is 17.3 Å². The maximum Gasteiger partial charge on any atom is 0.434 e. The highest BCUT2D eigenvalue weighted by Gasteiger charge is 2.59. The van der Waals surface area contributed by atoms with E-state index < -0.39 is 35.3 Å². The van der Waals surface area contributed by atoms with Crippen molar-refractivity contribution in [3.05, 3.63) is 34.4 Å². The quantitative estimate of drug-likeness (QED) is 0.380. The van der Waals surface area contributed by atoms with Crippen LogP contribution < -0.4 is 15.0 Å². The van der Waals surface area contributed by atoms with E-state index in [0.717, 1.165) is 25.3 Å². The molecule has 3 rings (SSSR count). The Morgan fingerprint density at radius 1 is 1.03 bits per heavy atom. The molecule has 1 aromatic carbocycles. The van der Waals surface area contributed by atoms with Crippen LogP contribution in [0.2, 0.25) is 0 Å². The zero-order valence-electron chi connectivity index (χ0n) is 16.2. The molecule has 9 nitrogen and oxygen atoms in total. The normalized spacial score (nSPS) is 15.0. The van der Waals surface area contributed by atoms with Gasteiger partial charge in [0.1, 0.15) is 0 Å². The first-order valence-electron chi connectivity index (χ1n) is 9.26. The molecule has 1 aromatic heterocycles. The second-order valence-electron chi connectivity index (χ2n) is 6.80. The number of rotatable bonds is 6. The molecule has 0 saturated carbocycles. The number of ether oxygens (including phenoxy) is 1. The predicted octanol–water partition coefficient (Wildman–Crippen LogP) is 4.39. The number of nitrogens with one attached hydrogen (secondary N) is 1. The maximum atomic E-state index is 12.9. The average molecular weight is 466 g/mol. The van der Waals surface area contributed by atoms with E-state index in [2.05, 4.69) is 25.0 Å². The lowest BCUT2D eigenvalue weighted by Crippen LogP contribution is -2.47. The molecule has 0 bridgehead atoms. The highest BCUT2D eigenvalue weighted by Crippen LogP contribution is 2.36. The summed E-state index contributed by atoms with van der Waals surface area (Å²) in [5, 5.41) is 13.5. The van der Waals surface area contributed by atoms with Crippen molar-refractivity contribution in [3.8, 4) is 6.01 Å². The SMILES string of the molecule is O=[N+]([O-])c1cccc(Nc2nc(OC(C(F)(F)F)C(F)(F)F)nc(N3CCCCC3)n2)c1. The average Bonchev–Trinajstić information content (AvgIpc) is 2.71. The summed E-state index contributed by atoms with van der Waals surface area (Å²) >= 11 is 0. The number of nitro benzene ring substituents is 1. The Morgan fingerprint density at radius 3 is 2.28 bits per heavy atom. The molecule has 0 atom stereocenters. The number of non-ortho nitro benzene ring substituents is 1. The second-order valence-corrected chi connectivity index (χ2v) is 6.80. The molecule has 0 unspecified atom stereocenters. The third-order valence-corrected chi connectivity index (χ3v) is 4.37. The number of benzene rings is 1. The van der Waals surface area contributed by atoms with Crippen LogP contribution in [0.4, 0.5) is 49.6 Å². The van der Waals surface area contributed by atoms with Crippen LogP contribution in [0.15, 0.2) is 24.3 Å². The molecule has 2 heterocycles. The Labute approximate surface area is 176 Å². The summed E-state index contributed by atoms with van der Waals surface area (Å²) in [6.45, 7) is 0.864. The standard InChI is InChI=1S/C17H16F6N6O3/c18-16(19,20)12(17(21,22)23)32-15-26-13(24-10-5-4-6-11(9-10)29(30)31)25-14(27-15)28-7-2-1-3-8-28/h4-6,9,12H,1-3,7-8H2,(H,24,25,26,27). The Kier molecular flexibility index (Phi) is 6.55. The van der Waals surface area contributed by atoms with Gasteiger partial charge in [-0.15, -0.1) is 0 Å². The fraction of sp³-hybridized carbons (Fsp3) is 0.471. The van der Waals surface area contributed by atoms with E-state index >= 15 is 0 Å². The molecule has 0 radical (unpaired) electrons. The number of nitro groups is 1. The van der Waals surface area contributed by atoms with Crippen molar-refractivity contribution in [2.75, 3.05) is 23.3 Å². The van der Waals surface area contributed by atoms with Crippen molar-refractivity contribution in [2.24, 2.45) is 0 Å². The third-order valence-electron chi connectivity index (χ3n) is 4.37. The fourth-order valence-electron chi connectivity index (χ4n) is 2.94. The molecule has 32 heavy (non-hydrogen) atoms. The van der Waals surface area contributed by atoms with Gasteiger partial charge in [0.15, 0.2) is 0 Å². The molecule has 15 heteroatoms.